The molecule has 0 radical (unpaired) electrons. The minimum atomic E-state index is 0.235. The number of rotatable bonds is 3. The maximum atomic E-state index is 5.48. The number of ether oxygens (including phenoxy) is 1. The van der Waals surface area contributed by atoms with E-state index in [0.717, 1.165) is 22.4 Å². The number of aromatic nitrogens is 2. The number of nitrogens with zero attached hydrogens (tertiary/aromatic N) is 2. The van der Waals surface area contributed by atoms with Crippen LogP contribution in [0, 0.1) is 20.8 Å². The van der Waals surface area contributed by atoms with E-state index in [9.17, 15) is 0 Å². The van der Waals surface area contributed by atoms with E-state index in [0.29, 0.717) is 11.7 Å². The van der Waals surface area contributed by atoms with Crippen LogP contribution in [0.2, 0.25) is 0 Å². The number of nitrogens with two attached hydrogens (primary N) is 1. The van der Waals surface area contributed by atoms with Gasteiger partial charge in [-0.15, -0.1) is 0 Å². The van der Waals surface area contributed by atoms with E-state index in [4.69, 9.17) is 15.0 Å². The molecule has 0 saturated heterocycles. The molecule has 2 aromatic rings. The lowest BCUT2D eigenvalue weighted by atomic mass is 9.98. The first-order valence-electron chi connectivity index (χ1n) is 5.76. The van der Waals surface area contributed by atoms with Crippen molar-refractivity contribution in [1.29, 1.82) is 0 Å². The summed E-state index contributed by atoms with van der Waals surface area (Å²) in [6.45, 7) is 6.30. The van der Waals surface area contributed by atoms with Crippen molar-refractivity contribution in [2.24, 2.45) is 5.73 Å². The average molecular weight is 247 g/mol. The maximum Gasteiger partial charge on any atom is 0.240 e. The van der Waals surface area contributed by atoms with E-state index in [-0.39, 0.29) is 6.54 Å². The number of aryl methyl sites for hydroxylation is 2. The van der Waals surface area contributed by atoms with Crippen molar-refractivity contribution in [3.8, 4) is 17.1 Å². The normalized spacial score (nSPS) is 10.7. The van der Waals surface area contributed by atoms with Crippen LogP contribution in [0.5, 0.6) is 5.75 Å². The van der Waals surface area contributed by atoms with Crippen molar-refractivity contribution in [2.45, 2.75) is 27.3 Å². The van der Waals surface area contributed by atoms with Crippen LogP contribution in [0.4, 0.5) is 0 Å². The first-order valence-corrected chi connectivity index (χ1v) is 5.76. The zero-order chi connectivity index (χ0) is 13.3. The Balaban J connectivity index is 2.66. The molecule has 0 unspecified atom stereocenters. The third-order valence-electron chi connectivity index (χ3n) is 3.06. The molecule has 0 bridgehead atoms. The molecule has 1 heterocycles. The van der Waals surface area contributed by atoms with Crippen LogP contribution in [0.3, 0.4) is 0 Å². The van der Waals surface area contributed by atoms with Crippen molar-refractivity contribution in [1.82, 2.24) is 10.1 Å². The summed E-state index contributed by atoms with van der Waals surface area (Å²) in [6.07, 6.45) is 0. The summed E-state index contributed by atoms with van der Waals surface area (Å²) >= 11 is 0. The molecule has 5 nitrogen and oxygen atoms in total. The van der Waals surface area contributed by atoms with Gasteiger partial charge in [0.25, 0.3) is 0 Å². The molecular formula is C13H17N3O2. The summed E-state index contributed by atoms with van der Waals surface area (Å²) in [5, 5.41) is 3.95. The molecule has 0 amide bonds. The second-order valence-electron chi connectivity index (χ2n) is 4.26. The Hall–Kier alpha value is -1.88. The molecule has 0 atom stereocenters. The lowest BCUT2D eigenvalue weighted by Gasteiger charge is -2.14. The molecule has 0 fully saturated rings. The molecule has 1 aromatic heterocycles. The smallest absolute Gasteiger partial charge is 0.240 e. The molecule has 0 saturated carbocycles. The first kappa shape index (κ1) is 12.6. The maximum absolute atomic E-state index is 5.48. The zero-order valence-electron chi connectivity index (χ0n) is 11.1. The summed E-state index contributed by atoms with van der Waals surface area (Å²) in [7, 11) is 1.65. The Labute approximate surface area is 106 Å². The molecule has 96 valence electrons. The molecule has 2 rings (SSSR count). The summed E-state index contributed by atoms with van der Waals surface area (Å²) < 4.78 is 10.5. The lowest BCUT2D eigenvalue weighted by Crippen LogP contribution is -1.99. The highest BCUT2D eigenvalue weighted by Gasteiger charge is 2.18. The van der Waals surface area contributed by atoms with Gasteiger partial charge in [0.05, 0.1) is 19.2 Å². The van der Waals surface area contributed by atoms with E-state index < -0.39 is 0 Å². The fraction of sp³-hybridized carbons (Fsp3) is 0.385. The highest BCUT2D eigenvalue weighted by atomic mass is 16.5. The Morgan fingerprint density at radius 2 is 2.00 bits per heavy atom. The van der Waals surface area contributed by atoms with Gasteiger partial charge in [-0.3, -0.25) is 0 Å². The van der Waals surface area contributed by atoms with Crippen molar-refractivity contribution < 1.29 is 9.26 Å². The van der Waals surface area contributed by atoms with Crippen molar-refractivity contribution in [3.05, 3.63) is 28.6 Å². The fourth-order valence-corrected chi connectivity index (χ4v) is 2.02. The molecule has 2 N–H and O–H groups in total. The van der Waals surface area contributed by atoms with E-state index >= 15 is 0 Å². The van der Waals surface area contributed by atoms with Gasteiger partial charge in [-0.2, -0.15) is 4.98 Å². The van der Waals surface area contributed by atoms with Gasteiger partial charge in [0.15, 0.2) is 0 Å². The SMILES string of the molecule is COc1c(C)c(C)cc(C)c1-c1noc(CN)n1. The molecule has 0 aliphatic carbocycles. The predicted octanol–water partition coefficient (Wildman–Crippen LogP) is 2.13. The van der Waals surface area contributed by atoms with Crippen LogP contribution < -0.4 is 10.5 Å². The molecule has 0 aliphatic heterocycles. The van der Waals surface area contributed by atoms with Gasteiger partial charge in [-0.25, -0.2) is 0 Å². The molecule has 1 aromatic carbocycles. The third-order valence-corrected chi connectivity index (χ3v) is 3.06. The molecule has 18 heavy (non-hydrogen) atoms. The first-order chi connectivity index (χ1) is 8.58. The van der Waals surface area contributed by atoms with Crippen molar-refractivity contribution in [2.75, 3.05) is 7.11 Å². The van der Waals surface area contributed by atoms with Gasteiger partial charge < -0.3 is 15.0 Å². The van der Waals surface area contributed by atoms with Gasteiger partial charge in [0.1, 0.15) is 5.75 Å². The molecule has 0 aliphatic rings. The predicted molar refractivity (Wildman–Crippen MR) is 68.4 cm³/mol. The number of hydrogen-bond acceptors (Lipinski definition) is 5. The Morgan fingerprint density at radius 3 is 2.56 bits per heavy atom. The fourth-order valence-electron chi connectivity index (χ4n) is 2.02. The lowest BCUT2D eigenvalue weighted by molar-refractivity contribution is 0.379. The summed E-state index contributed by atoms with van der Waals surface area (Å²) in [5.74, 6) is 1.73. The van der Waals surface area contributed by atoms with Crippen LogP contribution in [0.25, 0.3) is 11.4 Å². The molecule has 5 heteroatoms. The van der Waals surface area contributed by atoms with Crippen LogP contribution in [0.15, 0.2) is 10.6 Å². The van der Waals surface area contributed by atoms with Crippen LogP contribution in [0.1, 0.15) is 22.6 Å². The number of benzene rings is 1. The average Bonchev–Trinajstić information content (AvgIpc) is 2.81. The van der Waals surface area contributed by atoms with Crippen LogP contribution >= 0.6 is 0 Å². The van der Waals surface area contributed by atoms with Gasteiger partial charge >= 0.3 is 0 Å². The molecule has 0 spiro atoms. The Morgan fingerprint density at radius 1 is 1.28 bits per heavy atom. The highest BCUT2D eigenvalue weighted by molar-refractivity contribution is 5.71. The molecular weight excluding hydrogens is 230 g/mol. The second-order valence-corrected chi connectivity index (χ2v) is 4.26. The van der Waals surface area contributed by atoms with Crippen molar-refractivity contribution >= 4 is 0 Å². The Bertz CT molecular complexity index is 576. The second kappa shape index (κ2) is 4.78. The topological polar surface area (TPSA) is 74.2 Å². The highest BCUT2D eigenvalue weighted by Crippen LogP contribution is 2.36. The summed E-state index contributed by atoms with van der Waals surface area (Å²) in [5.41, 5.74) is 9.65. The third kappa shape index (κ3) is 1.97. The van der Waals surface area contributed by atoms with Gasteiger partial charge in [-0.1, -0.05) is 11.2 Å². The van der Waals surface area contributed by atoms with E-state index in [1.165, 1.54) is 5.56 Å². The van der Waals surface area contributed by atoms with Crippen molar-refractivity contribution in [3.63, 3.8) is 0 Å². The summed E-state index contributed by atoms with van der Waals surface area (Å²) in [4.78, 5) is 4.26. The largest absolute Gasteiger partial charge is 0.496 e. The minimum Gasteiger partial charge on any atom is -0.496 e. The quantitative estimate of drug-likeness (QED) is 0.899. The van der Waals surface area contributed by atoms with Gasteiger partial charge in [0, 0.05) is 0 Å². The number of hydrogen-bond donors (Lipinski definition) is 1. The van der Waals surface area contributed by atoms with Crippen LogP contribution in [-0.4, -0.2) is 17.3 Å². The Kier molecular flexibility index (Phi) is 3.34. The standard InChI is InChI=1S/C13H17N3O2/c1-7-5-8(2)11(12(17-4)9(7)3)13-15-10(6-14)18-16-13/h5H,6,14H2,1-4H3. The van der Waals surface area contributed by atoms with Gasteiger partial charge in [-0.05, 0) is 37.5 Å². The van der Waals surface area contributed by atoms with Gasteiger partial charge in [0.2, 0.25) is 11.7 Å². The van der Waals surface area contributed by atoms with E-state index in [1.807, 2.05) is 13.8 Å². The van der Waals surface area contributed by atoms with E-state index in [2.05, 4.69) is 23.1 Å². The minimum absolute atomic E-state index is 0.235. The zero-order valence-corrected chi connectivity index (χ0v) is 11.1. The van der Waals surface area contributed by atoms with Crippen LogP contribution in [-0.2, 0) is 6.54 Å². The van der Waals surface area contributed by atoms with E-state index in [1.54, 1.807) is 7.11 Å². The number of methoxy groups -OCH3 is 1. The monoisotopic (exact) mass is 247 g/mol. The summed E-state index contributed by atoms with van der Waals surface area (Å²) in [6, 6.07) is 2.09.